The lowest BCUT2D eigenvalue weighted by Crippen LogP contribution is -2.45. The number of fused-ring (bicyclic) bond motifs is 3. The van der Waals surface area contributed by atoms with Gasteiger partial charge in [-0.2, -0.15) is 0 Å². The van der Waals surface area contributed by atoms with Gasteiger partial charge in [0, 0.05) is 18.0 Å². The molecule has 0 spiro atoms. The summed E-state index contributed by atoms with van der Waals surface area (Å²) in [5.74, 6) is 0.795. The second-order valence-electron chi connectivity index (χ2n) is 9.81. The van der Waals surface area contributed by atoms with Crippen LogP contribution in [-0.4, -0.2) is 51.0 Å². The van der Waals surface area contributed by atoms with Crippen molar-refractivity contribution < 1.29 is 18.8 Å². The Morgan fingerprint density at radius 3 is 2.74 bits per heavy atom. The second kappa shape index (κ2) is 12.0. The van der Waals surface area contributed by atoms with Gasteiger partial charge in [0.2, 0.25) is 11.8 Å². The fraction of sp³-hybridized carbons (Fsp3) is 0.464. The molecule has 0 unspecified atom stereocenters. The largest absolute Gasteiger partial charge is 0.467 e. The van der Waals surface area contributed by atoms with Crippen molar-refractivity contribution in [1.82, 2.24) is 15.5 Å². The van der Waals surface area contributed by atoms with E-state index in [1.54, 1.807) is 18.4 Å². The molecule has 0 radical (unpaired) electrons. The zero-order chi connectivity index (χ0) is 26.5. The molecule has 1 aromatic heterocycles. The van der Waals surface area contributed by atoms with E-state index in [1.807, 2.05) is 31.2 Å². The van der Waals surface area contributed by atoms with Crippen LogP contribution < -0.4 is 10.6 Å². The summed E-state index contributed by atoms with van der Waals surface area (Å²) in [7, 11) is 0. The molecular weight excluding hydrogens is 502 g/mol. The highest BCUT2D eigenvalue weighted by atomic mass is 32.2. The third-order valence-corrected chi connectivity index (χ3v) is 8.41. The molecule has 3 aliphatic rings. The van der Waals surface area contributed by atoms with Crippen LogP contribution in [0.4, 0.5) is 5.69 Å². The van der Waals surface area contributed by atoms with E-state index in [0.717, 1.165) is 36.9 Å². The molecule has 1 fully saturated rings. The molecule has 1 aliphatic carbocycles. The Balaban J connectivity index is 1.28. The molecule has 0 saturated heterocycles. The first-order valence-electron chi connectivity index (χ1n) is 13.4. The number of thioether (sulfide) groups is 1. The molecule has 2 atom stereocenters. The number of hydrogen-bond donors (Lipinski definition) is 2. The second-order valence-corrected chi connectivity index (χ2v) is 11.0. The van der Waals surface area contributed by atoms with Gasteiger partial charge in [-0.15, -0.1) is 0 Å². The van der Waals surface area contributed by atoms with Crippen molar-refractivity contribution in [3.63, 3.8) is 0 Å². The van der Waals surface area contributed by atoms with Gasteiger partial charge < -0.3 is 15.1 Å². The number of nitrogens with zero attached hydrogens (tertiary/aromatic N) is 3. The van der Waals surface area contributed by atoms with E-state index in [9.17, 15) is 14.4 Å². The number of rotatable bonds is 9. The Labute approximate surface area is 226 Å². The summed E-state index contributed by atoms with van der Waals surface area (Å²) in [6.07, 6.45) is 8.14. The molecule has 3 amide bonds. The lowest BCUT2D eigenvalue weighted by Gasteiger charge is -2.29. The minimum Gasteiger partial charge on any atom is -0.467 e. The van der Waals surface area contributed by atoms with Gasteiger partial charge in [-0.3, -0.25) is 19.4 Å². The number of aliphatic imine (C=N–C) groups is 2. The van der Waals surface area contributed by atoms with Gasteiger partial charge in [0.05, 0.1) is 23.7 Å². The summed E-state index contributed by atoms with van der Waals surface area (Å²) >= 11 is 1.31. The highest BCUT2D eigenvalue weighted by molar-refractivity contribution is 8.15. The van der Waals surface area contributed by atoms with Crippen LogP contribution >= 0.6 is 11.8 Å². The molecule has 5 rings (SSSR count). The number of carbonyl (C=O) groups is 3. The first-order chi connectivity index (χ1) is 18.5. The maximum atomic E-state index is 13.5. The van der Waals surface area contributed by atoms with Crippen LogP contribution in [0.15, 0.2) is 57.1 Å². The van der Waals surface area contributed by atoms with Gasteiger partial charge in [-0.25, -0.2) is 9.89 Å². The van der Waals surface area contributed by atoms with E-state index >= 15 is 0 Å². The van der Waals surface area contributed by atoms with Gasteiger partial charge in [-0.05, 0) is 49.9 Å². The summed E-state index contributed by atoms with van der Waals surface area (Å²) in [4.78, 5) is 50.1. The standard InChI is InChI=1S/C28H33N5O4S/c1-2-23(26(35)30-18-9-4-3-5-10-18)38-28-32-21-13-7-6-12-20(21)25-31-22(27(36)33(25)28)14-15-24(34)29-17-19-11-8-16-37-19/h6-8,11-13,16,18,22-23H,2-5,9-10,14-15,17H2,1H3,(H,29,34)(H,30,35)/t22-,23+/m0/s1. The zero-order valence-electron chi connectivity index (χ0n) is 21.5. The van der Waals surface area contributed by atoms with Gasteiger partial charge in [0.25, 0.3) is 5.91 Å². The van der Waals surface area contributed by atoms with Crippen LogP contribution in [-0.2, 0) is 20.9 Å². The first kappa shape index (κ1) is 26.2. The number of amidine groups is 2. The van der Waals surface area contributed by atoms with Crippen molar-refractivity contribution in [1.29, 1.82) is 0 Å². The minimum absolute atomic E-state index is 0.0131. The van der Waals surface area contributed by atoms with Crippen molar-refractivity contribution >= 4 is 46.2 Å². The number of hydrogen-bond acceptors (Lipinski definition) is 7. The van der Waals surface area contributed by atoms with Crippen molar-refractivity contribution in [2.24, 2.45) is 9.98 Å². The minimum atomic E-state index is -0.688. The zero-order valence-corrected chi connectivity index (χ0v) is 22.3. The summed E-state index contributed by atoms with van der Waals surface area (Å²) < 4.78 is 5.25. The molecule has 1 aromatic carbocycles. The molecule has 10 heteroatoms. The number of para-hydroxylation sites is 1. The predicted molar refractivity (Wildman–Crippen MR) is 147 cm³/mol. The van der Waals surface area contributed by atoms with Gasteiger partial charge in [0.1, 0.15) is 17.6 Å². The van der Waals surface area contributed by atoms with Crippen molar-refractivity contribution in [3.8, 4) is 0 Å². The van der Waals surface area contributed by atoms with Crippen LogP contribution in [0.3, 0.4) is 0 Å². The molecule has 1 saturated carbocycles. The first-order valence-corrected chi connectivity index (χ1v) is 14.3. The topological polar surface area (TPSA) is 116 Å². The van der Waals surface area contributed by atoms with E-state index in [1.165, 1.54) is 23.1 Å². The normalized spacial score (nSPS) is 19.8. The van der Waals surface area contributed by atoms with Gasteiger partial charge in [0.15, 0.2) is 5.17 Å². The van der Waals surface area contributed by atoms with Crippen molar-refractivity contribution in [2.45, 2.75) is 82.2 Å². The van der Waals surface area contributed by atoms with Crippen LogP contribution in [0.2, 0.25) is 0 Å². The summed E-state index contributed by atoms with van der Waals surface area (Å²) in [5.41, 5.74) is 1.49. The van der Waals surface area contributed by atoms with Gasteiger partial charge >= 0.3 is 0 Å². The van der Waals surface area contributed by atoms with E-state index in [0.29, 0.717) is 29.7 Å². The lowest BCUT2D eigenvalue weighted by atomic mass is 9.95. The van der Waals surface area contributed by atoms with Crippen molar-refractivity contribution in [2.75, 3.05) is 0 Å². The Hall–Kier alpha value is -3.40. The lowest BCUT2D eigenvalue weighted by molar-refractivity contribution is -0.125. The maximum absolute atomic E-state index is 13.5. The molecule has 38 heavy (non-hydrogen) atoms. The van der Waals surface area contributed by atoms with E-state index in [-0.39, 0.29) is 41.9 Å². The van der Waals surface area contributed by atoms with Crippen LogP contribution in [0.25, 0.3) is 0 Å². The van der Waals surface area contributed by atoms with E-state index in [2.05, 4.69) is 10.6 Å². The molecular formula is C28H33N5O4S. The third kappa shape index (κ3) is 5.85. The summed E-state index contributed by atoms with van der Waals surface area (Å²) in [6, 6.07) is 10.7. The van der Waals surface area contributed by atoms with Crippen LogP contribution in [0.5, 0.6) is 0 Å². The average Bonchev–Trinajstić information content (AvgIpc) is 3.58. The quantitative estimate of drug-likeness (QED) is 0.497. The smallest absolute Gasteiger partial charge is 0.259 e. The van der Waals surface area contributed by atoms with Gasteiger partial charge in [-0.1, -0.05) is 50.1 Å². The third-order valence-electron chi connectivity index (χ3n) is 7.09. The molecule has 9 nitrogen and oxygen atoms in total. The Morgan fingerprint density at radius 2 is 1.97 bits per heavy atom. The Bertz CT molecular complexity index is 1240. The highest BCUT2D eigenvalue weighted by Gasteiger charge is 2.42. The fourth-order valence-electron chi connectivity index (χ4n) is 5.01. The predicted octanol–water partition coefficient (Wildman–Crippen LogP) is 4.30. The fourth-order valence-corrected chi connectivity index (χ4v) is 6.04. The van der Waals surface area contributed by atoms with E-state index < -0.39 is 6.04 Å². The molecule has 2 aliphatic heterocycles. The summed E-state index contributed by atoms with van der Waals surface area (Å²) in [6.45, 7) is 2.27. The average molecular weight is 536 g/mol. The number of furan rings is 1. The number of amides is 3. The molecule has 3 heterocycles. The number of carbonyl (C=O) groups excluding carboxylic acids is 3. The molecule has 2 aromatic rings. The highest BCUT2D eigenvalue weighted by Crippen LogP contribution is 2.36. The number of nitrogens with one attached hydrogen (secondary N) is 2. The van der Waals surface area contributed by atoms with Crippen molar-refractivity contribution in [3.05, 3.63) is 54.0 Å². The molecule has 2 N–H and O–H groups in total. The SMILES string of the molecule is CC[C@@H](SC1=Nc2ccccc2C2=N[C@@H](CCC(=O)NCc3ccco3)C(=O)N12)C(=O)NC1CCCCC1. The van der Waals surface area contributed by atoms with Crippen LogP contribution in [0.1, 0.15) is 69.6 Å². The number of benzene rings is 1. The van der Waals surface area contributed by atoms with E-state index in [4.69, 9.17) is 14.4 Å². The van der Waals surface area contributed by atoms with Crippen LogP contribution in [0, 0.1) is 0 Å². The molecule has 0 bridgehead atoms. The monoisotopic (exact) mass is 535 g/mol. The summed E-state index contributed by atoms with van der Waals surface area (Å²) in [5, 5.41) is 6.11. The Kier molecular flexibility index (Phi) is 8.26. The Morgan fingerprint density at radius 1 is 1.16 bits per heavy atom. The molecule has 200 valence electrons. The maximum Gasteiger partial charge on any atom is 0.259 e.